The molecule has 0 aliphatic carbocycles. The van der Waals surface area contributed by atoms with Crippen molar-refractivity contribution < 1.29 is 0 Å². The summed E-state index contributed by atoms with van der Waals surface area (Å²) >= 11 is 0. The Morgan fingerprint density at radius 2 is 2.00 bits per heavy atom. The molecule has 3 heteroatoms. The van der Waals surface area contributed by atoms with Crippen LogP contribution in [0.5, 0.6) is 0 Å². The molecule has 0 saturated carbocycles. The maximum Gasteiger partial charge on any atom is 0.0520 e. The molecule has 1 fully saturated rings. The van der Waals surface area contributed by atoms with Crippen LogP contribution < -0.4 is 11.1 Å². The van der Waals surface area contributed by atoms with Gasteiger partial charge in [0, 0.05) is 31.9 Å². The number of aryl methyl sites for hydroxylation is 1. The van der Waals surface area contributed by atoms with Crippen LogP contribution in [0.4, 0.5) is 5.69 Å². The fraction of sp³-hybridized carbons (Fsp3) is 0.647. The zero-order valence-electron chi connectivity index (χ0n) is 13.2. The second kappa shape index (κ2) is 6.59. The minimum absolute atomic E-state index is 0.0707. The monoisotopic (exact) mass is 275 g/mol. The molecule has 0 bridgehead atoms. The number of nitrogens with zero attached hydrogens (tertiary/aromatic N) is 1. The molecule has 1 heterocycles. The number of anilines is 1. The Balaban J connectivity index is 1.98. The molecule has 0 atom stereocenters. The molecule has 3 N–H and O–H groups in total. The summed E-state index contributed by atoms with van der Waals surface area (Å²) in [5.41, 5.74) is 8.65. The molecule has 3 nitrogen and oxygen atoms in total. The summed E-state index contributed by atoms with van der Waals surface area (Å²) in [4.78, 5) is 2.57. The van der Waals surface area contributed by atoms with Crippen molar-refractivity contribution in [2.45, 2.75) is 39.2 Å². The largest absolute Gasteiger partial charge is 0.378 e. The summed E-state index contributed by atoms with van der Waals surface area (Å²) in [6.07, 6.45) is 2.26. The topological polar surface area (TPSA) is 41.3 Å². The first-order valence-electron chi connectivity index (χ1n) is 7.80. The lowest BCUT2D eigenvalue weighted by Gasteiger charge is -2.43. The van der Waals surface area contributed by atoms with Crippen LogP contribution in [-0.4, -0.2) is 36.6 Å². The first-order valence-corrected chi connectivity index (χ1v) is 7.80. The Morgan fingerprint density at radius 3 is 2.55 bits per heavy atom. The van der Waals surface area contributed by atoms with E-state index in [2.05, 4.69) is 55.3 Å². The smallest absolute Gasteiger partial charge is 0.0520 e. The van der Waals surface area contributed by atoms with E-state index in [-0.39, 0.29) is 5.54 Å². The fourth-order valence-corrected chi connectivity index (χ4v) is 3.09. The van der Waals surface area contributed by atoms with Gasteiger partial charge < -0.3 is 16.0 Å². The summed E-state index contributed by atoms with van der Waals surface area (Å²) in [6.45, 7) is 10.9. The van der Waals surface area contributed by atoms with Gasteiger partial charge in [-0.3, -0.25) is 0 Å². The van der Waals surface area contributed by atoms with E-state index in [0.29, 0.717) is 6.54 Å². The number of benzene rings is 1. The number of hydrogen-bond acceptors (Lipinski definition) is 3. The van der Waals surface area contributed by atoms with Gasteiger partial charge in [0.25, 0.3) is 0 Å². The molecule has 0 amide bonds. The number of nitrogens with two attached hydrogens (primary N) is 1. The average Bonchev–Trinajstić information content (AvgIpc) is 2.41. The number of nitrogens with one attached hydrogen (secondary N) is 1. The van der Waals surface area contributed by atoms with E-state index in [1.807, 2.05) is 0 Å². The van der Waals surface area contributed by atoms with Crippen LogP contribution in [0.1, 0.15) is 32.3 Å². The van der Waals surface area contributed by atoms with Crippen molar-refractivity contribution in [2.24, 2.45) is 11.7 Å². The van der Waals surface area contributed by atoms with E-state index in [1.54, 1.807) is 0 Å². The third-order valence-electron chi connectivity index (χ3n) is 4.25. The van der Waals surface area contributed by atoms with Crippen molar-refractivity contribution in [1.82, 2.24) is 4.90 Å². The molecule has 20 heavy (non-hydrogen) atoms. The highest BCUT2D eigenvalue weighted by Crippen LogP contribution is 2.27. The highest BCUT2D eigenvalue weighted by atomic mass is 15.2. The fourth-order valence-electron chi connectivity index (χ4n) is 3.09. The average molecular weight is 275 g/mol. The molecule has 0 radical (unpaired) electrons. The van der Waals surface area contributed by atoms with Crippen LogP contribution >= 0.6 is 0 Å². The van der Waals surface area contributed by atoms with Gasteiger partial charge in [0.15, 0.2) is 0 Å². The van der Waals surface area contributed by atoms with Crippen molar-refractivity contribution >= 4 is 5.69 Å². The van der Waals surface area contributed by atoms with Gasteiger partial charge in [0.2, 0.25) is 0 Å². The second-order valence-electron chi connectivity index (χ2n) is 6.67. The SMILES string of the molecule is Cc1cccc(NC2(CN)CCN(CC(C)C)CC2)c1. The molecule has 112 valence electrons. The first-order chi connectivity index (χ1) is 9.53. The molecule has 1 saturated heterocycles. The Hall–Kier alpha value is -1.06. The Kier molecular flexibility index (Phi) is 5.06. The molecular weight excluding hydrogens is 246 g/mol. The van der Waals surface area contributed by atoms with Crippen LogP contribution in [0.15, 0.2) is 24.3 Å². The highest BCUT2D eigenvalue weighted by molar-refractivity contribution is 5.48. The van der Waals surface area contributed by atoms with Gasteiger partial charge in [-0.2, -0.15) is 0 Å². The molecule has 0 unspecified atom stereocenters. The Bertz CT molecular complexity index is 420. The summed E-state index contributed by atoms with van der Waals surface area (Å²) in [6, 6.07) is 8.59. The molecule has 1 aromatic rings. The lowest BCUT2D eigenvalue weighted by molar-refractivity contribution is 0.161. The minimum Gasteiger partial charge on any atom is -0.378 e. The van der Waals surface area contributed by atoms with Gasteiger partial charge >= 0.3 is 0 Å². The number of rotatable bonds is 5. The van der Waals surface area contributed by atoms with Gasteiger partial charge in [-0.25, -0.2) is 0 Å². The summed E-state index contributed by atoms with van der Waals surface area (Å²) in [5.74, 6) is 0.741. The van der Waals surface area contributed by atoms with Gasteiger partial charge in [0.05, 0.1) is 5.54 Å². The number of likely N-dealkylation sites (tertiary alicyclic amines) is 1. The van der Waals surface area contributed by atoms with Gasteiger partial charge in [0.1, 0.15) is 0 Å². The van der Waals surface area contributed by atoms with Crippen LogP contribution in [0, 0.1) is 12.8 Å². The molecule has 1 aliphatic rings. The van der Waals surface area contributed by atoms with Gasteiger partial charge in [-0.1, -0.05) is 26.0 Å². The van der Waals surface area contributed by atoms with Crippen molar-refractivity contribution in [2.75, 3.05) is 31.5 Å². The van der Waals surface area contributed by atoms with Crippen LogP contribution in [0.3, 0.4) is 0 Å². The maximum atomic E-state index is 6.09. The number of hydrogen-bond donors (Lipinski definition) is 2. The molecule has 0 spiro atoms. The van der Waals surface area contributed by atoms with Gasteiger partial charge in [-0.15, -0.1) is 0 Å². The minimum atomic E-state index is 0.0707. The van der Waals surface area contributed by atoms with E-state index in [0.717, 1.165) is 31.8 Å². The van der Waals surface area contributed by atoms with Crippen molar-refractivity contribution in [3.05, 3.63) is 29.8 Å². The third kappa shape index (κ3) is 3.97. The molecule has 0 aromatic heterocycles. The summed E-state index contributed by atoms with van der Waals surface area (Å²) < 4.78 is 0. The maximum absolute atomic E-state index is 6.09. The second-order valence-corrected chi connectivity index (χ2v) is 6.67. The normalized spacial score (nSPS) is 19.2. The number of piperidine rings is 1. The van der Waals surface area contributed by atoms with Crippen LogP contribution in [0.2, 0.25) is 0 Å². The lowest BCUT2D eigenvalue weighted by Crippen LogP contribution is -2.54. The van der Waals surface area contributed by atoms with Gasteiger partial charge in [-0.05, 0) is 43.4 Å². The van der Waals surface area contributed by atoms with E-state index in [9.17, 15) is 0 Å². The third-order valence-corrected chi connectivity index (χ3v) is 4.25. The first kappa shape index (κ1) is 15.3. The lowest BCUT2D eigenvalue weighted by atomic mass is 9.86. The van der Waals surface area contributed by atoms with E-state index in [4.69, 9.17) is 5.73 Å². The molecule has 2 rings (SSSR count). The predicted octanol–water partition coefficient (Wildman–Crippen LogP) is 2.86. The molecular formula is C17H29N3. The zero-order chi connectivity index (χ0) is 14.6. The van der Waals surface area contributed by atoms with E-state index in [1.165, 1.54) is 17.8 Å². The zero-order valence-corrected chi connectivity index (χ0v) is 13.2. The van der Waals surface area contributed by atoms with Crippen molar-refractivity contribution in [3.63, 3.8) is 0 Å². The summed E-state index contributed by atoms with van der Waals surface area (Å²) in [7, 11) is 0. The standard InChI is InChI=1S/C17H29N3/c1-14(2)12-20-9-7-17(13-18,8-10-20)19-16-6-4-5-15(3)11-16/h4-6,11,14,19H,7-10,12-13,18H2,1-3H3. The van der Waals surface area contributed by atoms with Crippen LogP contribution in [0.25, 0.3) is 0 Å². The Morgan fingerprint density at radius 1 is 1.30 bits per heavy atom. The highest BCUT2D eigenvalue weighted by Gasteiger charge is 2.33. The van der Waals surface area contributed by atoms with E-state index < -0.39 is 0 Å². The van der Waals surface area contributed by atoms with Crippen LogP contribution in [-0.2, 0) is 0 Å². The van der Waals surface area contributed by atoms with E-state index >= 15 is 0 Å². The molecule has 1 aliphatic heterocycles. The Labute approximate surface area is 123 Å². The molecule has 1 aromatic carbocycles. The van der Waals surface area contributed by atoms with Crippen molar-refractivity contribution in [3.8, 4) is 0 Å². The van der Waals surface area contributed by atoms with Crippen molar-refractivity contribution in [1.29, 1.82) is 0 Å². The quantitative estimate of drug-likeness (QED) is 0.868. The summed E-state index contributed by atoms with van der Waals surface area (Å²) in [5, 5.41) is 3.71. The predicted molar refractivity (Wildman–Crippen MR) is 87.1 cm³/mol.